The summed E-state index contributed by atoms with van der Waals surface area (Å²) in [4.78, 5) is 7.34. The van der Waals surface area contributed by atoms with Crippen molar-refractivity contribution in [3.05, 3.63) is 59.7 Å². The number of rotatable bonds is 8. The smallest absolute Gasteiger partial charge is 0.191 e. The minimum atomic E-state index is 0.164. The number of nitrogens with one attached hydrogen (secondary N) is 2. The Labute approximate surface area is 186 Å². The van der Waals surface area contributed by atoms with Crippen LogP contribution in [0.4, 0.5) is 0 Å². The second-order valence-electron chi connectivity index (χ2n) is 8.19. The van der Waals surface area contributed by atoms with E-state index in [1.165, 1.54) is 5.56 Å². The maximum atomic E-state index is 9.75. The fraction of sp³-hybridized carbons (Fsp3) is 0.480. The Balaban J connectivity index is 1.51. The van der Waals surface area contributed by atoms with E-state index in [-0.39, 0.29) is 5.75 Å². The number of likely N-dealkylation sites (tertiary alicyclic amines) is 1. The lowest BCUT2D eigenvalue weighted by Crippen LogP contribution is -2.51. The molecule has 2 aromatic rings. The number of benzene rings is 2. The zero-order chi connectivity index (χ0) is 22.1. The zero-order valence-corrected chi connectivity index (χ0v) is 19.0. The Morgan fingerprint density at radius 2 is 2.00 bits per heavy atom. The van der Waals surface area contributed by atoms with Crippen LogP contribution in [-0.4, -0.2) is 54.8 Å². The maximum Gasteiger partial charge on any atom is 0.191 e. The largest absolute Gasteiger partial charge is 0.504 e. The van der Waals surface area contributed by atoms with Crippen molar-refractivity contribution >= 4 is 5.96 Å². The highest BCUT2D eigenvalue weighted by atomic mass is 16.5. The van der Waals surface area contributed by atoms with Crippen LogP contribution >= 0.6 is 0 Å². The molecule has 2 aromatic carbocycles. The molecule has 3 rings (SSSR count). The molecule has 3 N–H and O–H groups in total. The lowest BCUT2D eigenvalue weighted by Gasteiger charge is -2.38. The van der Waals surface area contributed by atoms with Gasteiger partial charge in [-0.25, -0.2) is 0 Å². The molecule has 1 fully saturated rings. The van der Waals surface area contributed by atoms with E-state index >= 15 is 0 Å². The molecule has 31 heavy (non-hydrogen) atoms. The van der Waals surface area contributed by atoms with Crippen LogP contribution in [0.3, 0.4) is 0 Å². The highest BCUT2D eigenvalue weighted by molar-refractivity contribution is 5.80. The standard InChI is InChI=1S/C25H36N4O2/c1-4-26-25(27-14-12-20-10-11-23(30)24(17-20)31-3)28-22-13-15-29(19(2)16-22)18-21-8-6-5-7-9-21/h5-11,17,19,22,30H,4,12-16,18H2,1-3H3,(H2,26,27,28). The van der Waals surface area contributed by atoms with Crippen LogP contribution in [0.5, 0.6) is 11.5 Å². The van der Waals surface area contributed by atoms with Gasteiger partial charge in [-0.2, -0.15) is 0 Å². The predicted octanol–water partition coefficient (Wildman–Crippen LogP) is 3.55. The normalized spacial score (nSPS) is 19.8. The van der Waals surface area contributed by atoms with Gasteiger partial charge in [0.25, 0.3) is 0 Å². The fourth-order valence-electron chi connectivity index (χ4n) is 4.09. The van der Waals surface area contributed by atoms with Crippen LogP contribution in [0.25, 0.3) is 0 Å². The lowest BCUT2D eigenvalue weighted by atomic mass is 9.97. The summed E-state index contributed by atoms with van der Waals surface area (Å²) in [6.45, 7) is 8.01. The average Bonchev–Trinajstić information content (AvgIpc) is 2.77. The Hall–Kier alpha value is -2.73. The maximum absolute atomic E-state index is 9.75. The molecule has 0 radical (unpaired) electrons. The van der Waals surface area contributed by atoms with Gasteiger partial charge in [-0.15, -0.1) is 0 Å². The molecule has 0 aromatic heterocycles. The first kappa shape index (κ1) is 22.9. The first-order chi connectivity index (χ1) is 15.1. The molecule has 0 saturated carbocycles. The van der Waals surface area contributed by atoms with Gasteiger partial charge in [0.2, 0.25) is 0 Å². The third-order valence-electron chi connectivity index (χ3n) is 5.84. The molecule has 6 nitrogen and oxygen atoms in total. The Morgan fingerprint density at radius 1 is 1.19 bits per heavy atom. The van der Waals surface area contributed by atoms with Gasteiger partial charge in [-0.05, 0) is 56.4 Å². The first-order valence-electron chi connectivity index (χ1n) is 11.3. The van der Waals surface area contributed by atoms with Crippen LogP contribution in [-0.2, 0) is 13.0 Å². The molecule has 0 aliphatic carbocycles. The summed E-state index contributed by atoms with van der Waals surface area (Å²) in [7, 11) is 1.57. The summed E-state index contributed by atoms with van der Waals surface area (Å²) >= 11 is 0. The van der Waals surface area contributed by atoms with Crippen molar-refractivity contribution in [1.29, 1.82) is 0 Å². The number of phenolic OH excluding ortho intramolecular Hbond substituents is 1. The molecule has 2 atom stereocenters. The predicted molar refractivity (Wildman–Crippen MR) is 127 cm³/mol. The fourth-order valence-corrected chi connectivity index (χ4v) is 4.09. The van der Waals surface area contributed by atoms with E-state index in [0.29, 0.717) is 24.4 Å². The number of guanidine groups is 1. The van der Waals surface area contributed by atoms with Gasteiger partial charge in [0.05, 0.1) is 7.11 Å². The van der Waals surface area contributed by atoms with Crippen LogP contribution in [0, 0.1) is 0 Å². The number of nitrogens with zero attached hydrogens (tertiary/aromatic N) is 2. The third-order valence-corrected chi connectivity index (χ3v) is 5.84. The van der Waals surface area contributed by atoms with E-state index in [1.54, 1.807) is 13.2 Å². The first-order valence-corrected chi connectivity index (χ1v) is 11.3. The van der Waals surface area contributed by atoms with Crippen molar-refractivity contribution in [2.75, 3.05) is 26.7 Å². The molecular weight excluding hydrogens is 388 g/mol. The van der Waals surface area contributed by atoms with E-state index in [0.717, 1.165) is 50.4 Å². The summed E-state index contributed by atoms with van der Waals surface area (Å²) < 4.78 is 5.19. The summed E-state index contributed by atoms with van der Waals surface area (Å²) in [5.41, 5.74) is 2.47. The molecule has 1 aliphatic rings. The molecule has 2 unspecified atom stereocenters. The summed E-state index contributed by atoms with van der Waals surface area (Å²) in [6.07, 6.45) is 3.00. The summed E-state index contributed by atoms with van der Waals surface area (Å²) in [6, 6.07) is 17.1. The lowest BCUT2D eigenvalue weighted by molar-refractivity contribution is 0.134. The number of methoxy groups -OCH3 is 1. The van der Waals surface area contributed by atoms with Crippen molar-refractivity contribution in [2.45, 2.75) is 51.7 Å². The van der Waals surface area contributed by atoms with E-state index < -0.39 is 0 Å². The summed E-state index contributed by atoms with van der Waals surface area (Å²) in [5, 5.41) is 16.8. The Bertz CT molecular complexity index is 841. The van der Waals surface area contributed by atoms with Crippen molar-refractivity contribution < 1.29 is 9.84 Å². The number of hydrogen-bond acceptors (Lipinski definition) is 4. The van der Waals surface area contributed by atoms with Gasteiger partial charge in [0.1, 0.15) is 0 Å². The van der Waals surface area contributed by atoms with Crippen molar-refractivity contribution in [3.8, 4) is 11.5 Å². The highest BCUT2D eigenvalue weighted by Gasteiger charge is 2.25. The van der Waals surface area contributed by atoms with Gasteiger partial charge in [0.15, 0.2) is 17.5 Å². The van der Waals surface area contributed by atoms with Gasteiger partial charge >= 0.3 is 0 Å². The van der Waals surface area contributed by atoms with Crippen molar-refractivity contribution in [2.24, 2.45) is 4.99 Å². The molecule has 1 aliphatic heterocycles. The number of aromatic hydroxyl groups is 1. The Morgan fingerprint density at radius 3 is 2.71 bits per heavy atom. The van der Waals surface area contributed by atoms with E-state index in [9.17, 15) is 5.11 Å². The van der Waals surface area contributed by atoms with Gasteiger partial charge < -0.3 is 20.5 Å². The molecule has 0 amide bonds. The van der Waals surface area contributed by atoms with Gasteiger partial charge in [0, 0.05) is 38.3 Å². The number of phenols is 1. The van der Waals surface area contributed by atoms with E-state index in [2.05, 4.69) is 59.7 Å². The topological polar surface area (TPSA) is 69.1 Å². The molecule has 1 saturated heterocycles. The third kappa shape index (κ3) is 6.89. The number of hydrogen-bond donors (Lipinski definition) is 3. The zero-order valence-electron chi connectivity index (χ0n) is 19.0. The monoisotopic (exact) mass is 424 g/mol. The van der Waals surface area contributed by atoms with Crippen LogP contribution < -0.4 is 15.4 Å². The number of ether oxygens (including phenoxy) is 1. The van der Waals surface area contributed by atoms with E-state index in [1.807, 2.05) is 12.1 Å². The second-order valence-corrected chi connectivity index (χ2v) is 8.19. The van der Waals surface area contributed by atoms with Gasteiger partial charge in [-0.1, -0.05) is 36.4 Å². The average molecular weight is 425 g/mol. The summed E-state index contributed by atoms with van der Waals surface area (Å²) in [5.74, 6) is 1.54. The Kier molecular flexibility index (Phi) is 8.59. The SMILES string of the molecule is CCNC(=NCCc1ccc(O)c(OC)c1)NC1CCN(Cc2ccccc2)C(C)C1. The quantitative estimate of drug-likeness (QED) is 0.447. The molecule has 6 heteroatoms. The van der Waals surface area contributed by atoms with Gasteiger partial charge in [-0.3, -0.25) is 9.89 Å². The second kappa shape index (κ2) is 11.6. The number of aliphatic imine (C=N–C) groups is 1. The van der Waals surface area contributed by atoms with Crippen molar-refractivity contribution in [1.82, 2.24) is 15.5 Å². The molecule has 1 heterocycles. The molecular formula is C25H36N4O2. The number of piperidine rings is 1. The van der Waals surface area contributed by atoms with Crippen LogP contribution in [0.1, 0.15) is 37.8 Å². The van der Waals surface area contributed by atoms with E-state index in [4.69, 9.17) is 9.73 Å². The van der Waals surface area contributed by atoms with Crippen LogP contribution in [0.2, 0.25) is 0 Å². The van der Waals surface area contributed by atoms with Crippen LogP contribution in [0.15, 0.2) is 53.5 Å². The molecule has 168 valence electrons. The minimum Gasteiger partial charge on any atom is -0.504 e. The minimum absolute atomic E-state index is 0.164. The molecule has 0 bridgehead atoms. The molecule has 0 spiro atoms. The van der Waals surface area contributed by atoms with Crippen molar-refractivity contribution in [3.63, 3.8) is 0 Å². The highest BCUT2D eigenvalue weighted by Crippen LogP contribution is 2.26.